The van der Waals surface area contributed by atoms with Crippen LogP contribution in [0, 0.1) is 0 Å². The van der Waals surface area contributed by atoms with Crippen molar-refractivity contribution in [2.75, 3.05) is 0 Å². The molecule has 4 heterocycles. The molecule has 8 heteroatoms. The molecule has 4 aromatic heterocycles. The summed E-state index contributed by atoms with van der Waals surface area (Å²) in [6.45, 7) is 0. The molecule has 0 radical (unpaired) electrons. The second-order valence-electron chi connectivity index (χ2n) is 5.62. The fourth-order valence-corrected chi connectivity index (χ4v) is 6.76. The van der Waals surface area contributed by atoms with E-state index in [1.165, 1.54) is 9.40 Å². The molecule has 0 saturated carbocycles. The summed E-state index contributed by atoms with van der Waals surface area (Å²) >= 11 is 6.55. The molecule has 0 saturated heterocycles. The quantitative estimate of drug-likeness (QED) is 0.337. The van der Waals surface area contributed by atoms with E-state index in [0.717, 1.165) is 40.7 Å². The molecule has 0 atom stereocenters. The van der Waals surface area contributed by atoms with Gasteiger partial charge in [0.1, 0.15) is 0 Å². The highest BCUT2D eigenvalue weighted by atomic mass is 32.1. The van der Waals surface area contributed by atoms with Crippen molar-refractivity contribution in [2.45, 2.75) is 0 Å². The van der Waals surface area contributed by atoms with Crippen molar-refractivity contribution in [1.29, 1.82) is 0 Å². The Morgan fingerprint density at radius 2 is 0.885 bits per heavy atom. The zero-order valence-corrected chi connectivity index (χ0v) is 16.3. The number of fused-ring (bicyclic) bond motifs is 3. The third kappa shape index (κ3) is 2.30. The van der Waals surface area contributed by atoms with E-state index in [1.54, 1.807) is 45.3 Å². The number of nitrogens with zero attached hydrogens (tertiary/aromatic N) is 4. The Balaban J connectivity index is 1.44. The summed E-state index contributed by atoms with van der Waals surface area (Å²) in [5, 5.41) is 3.80. The molecule has 0 aliphatic heterocycles. The monoisotopic (exact) mass is 408 g/mol. The molecule has 0 spiro atoms. The summed E-state index contributed by atoms with van der Waals surface area (Å²) in [5.41, 5.74) is 2.04. The third-order valence-electron chi connectivity index (χ3n) is 3.93. The van der Waals surface area contributed by atoms with Gasteiger partial charge in [-0.1, -0.05) is 46.9 Å². The fourth-order valence-electron chi connectivity index (χ4n) is 2.75. The molecule has 4 nitrogen and oxygen atoms in total. The van der Waals surface area contributed by atoms with Gasteiger partial charge in [-0.05, 0) is 24.3 Å². The first-order chi connectivity index (χ1) is 12.8. The normalized spacial score (nSPS) is 11.8. The molecule has 0 fully saturated rings. The van der Waals surface area contributed by atoms with Crippen LogP contribution in [0.15, 0.2) is 48.5 Å². The van der Waals surface area contributed by atoms with Gasteiger partial charge in [0, 0.05) is 0 Å². The van der Waals surface area contributed by atoms with E-state index in [-0.39, 0.29) is 0 Å². The number of hydrogen-bond acceptors (Lipinski definition) is 8. The second kappa shape index (κ2) is 5.62. The van der Waals surface area contributed by atoms with Crippen molar-refractivity contribution >= 4 is 75.4 Å². The lowest BCUT2D eigenvalue weighted by Crippen LogP contribution is -1.73. The highest BCUT2D eigenvalue weighted by molar-refractivity contribution is 7.33. The topological polar surface area (TPSA) is 51.6 Å². The smallest absolute Gasteiger partial charge is 0.156 e. The highest BCUT2D eigenvalue weighted by Gasteiger charge is 2.17. The van der Waals surface area contributed by atoms with Gasteiger partial charge in [-0.15, -0.1) is 22.7 Å². The fraction of sp³-hybridized carbons (Fsp3) is 0. The first-order valence-electron chi connectivity index (χ1n) is 7.83. The summed E-state index contributed by atoms with van der Waals surface area (Å²) in [6.07, 6.45) is 0. The minimum Gasteiger partial charge on any atom is -0.233 e. The molecule has 124 valence electrons. The Bertz CT molecular complexity index is 1200. The second-order valence-corrected chi connectivity index (χ2v) is 9.64. The van der Waals surface area contributed by atoms with Gasteiger partial charge in [0.25, 0.3) is 0 Å². The van der Waals surface area contributed by atoms with Crippen molar-refractivity contribution < 1.29 is 0 Å². The molecule has 0 aliphatic rings. The van der Waals surface area contributed by atoms with Gasteiger partial charge in [0.15, 0.2) is 29.7 Å². The van der Waals surface area contributed by atoms with Gasteiger partial charge in [-0.3, -0.25) is 0 Å². The van der Waals surface area contributed by atoms with Crippen LogP contribution in [0.1, 0.15) is 0 Å². The molecule has 0 amide bonds. The van der Waals surface area contributed by atoms with E-state index in [2.05, 4.69) is 12.1 Å². The molecule has 0 unspecified atom stereocenters. The van der Waals surface area contributed by atoms with Crippen molar-refractivity contribution in [3.8, 4) is 20.0 Å². The number of rotatable bonds is 2. The van der Waals surface area contributed by atoms with Crippen LogP contribution in [-0.2, 0) is 0 Å². The molecule has 6 aromatic rings. The molecule has 0 bridgehead atoms. The Kier molecular flexibility index (Phi) is 3.21. The lowest BCUT2D eigenvalue weighted by Gasteiger charge is -1.86. The minimum absolute atomic E-state index is 0.941. The van der Waals surface area contributed by atoms with Crippen LogP contribution in [0.25, 0.3) is 50.1 Å². The van der Waals surface area contributed by atoms with Gasteiger partial charge in [0.05, 0.1) is 20.4 Å². The summed E-state index contributed by atoms with van der Waals surface area (Å²) in [7, 11) is 0. The Hall–Kier alpha value is -2.26. The Labute approximate surface area is 163 Å². The summed E-state index contributed by atoms with van der Waals surface area (Å²) in [4.78, 5) is 20.9. The van der Waals surface area contributed by atoms with Crippen molar-refractivity contribution in [2.24, 2.45) is 0 Å². The predicted molar refractivity (Wildman–Crippen MR) is 113 cm³/mol. The number of para-hydroxylation sites is 2. The maximum absolute atomic E-state index is 4.78. The Morgan fingerprint density at radius 1 is 0.462 bits per heavy atom. The number of aromatic nitrogens is 4. The third-order valence-corrected chi connectivity index (χ3v) is 8.32. The van der Waals surface area contributed by atoms with Crippen LogP contribution >= 0.6 is 45.3 Å². The van der Waals surface area contributed by atoms with Gasteiger partial charge < -0.3 is 0 Å². The minimum atomic E-state index is 0.941. The van der Waals surface area contributed by atoms with Gasteiger partial charge >= 0.3 is 0 Å². The predicted octanol–water partition coefficient (Wildman–Crippen LogP) is 6.31. The van der Waals surface area contributed by atoms with Gasteiger partial charge in [-0.25, -0.2) is 19.9 Å². The van der Waals surface area contributed by atoms with Crippen molar-refractivity contribution in [3.63, 3.8) is 0 Å². The van der Waals surface area contributed by atoms with E-state index in [0.29, 0.717) is 0 Å². The SMILES string of the molecule is c1ccc2sc(-c3nc4sc(-c5nc6ccccc6s5)nc4s3)nc2c1. The molecule has 26 heavy (non-hydrogen) atoms. The molecule has 0 N–H and O–H groups in total. The molecular formula is C18H8N4S4. The van der Waals surface area contributed by atoms with Crippen LogP contribution < -0.4 is 0 Å². The first-order valence-corrected chi connectivity index (χ1v) is 11.1. The first kappa shape index (κ1) is 14.9. The average Bonchev–Trinajstić information content (AvgIpc) is 3.40. The number of thiazole rings is 4. The maximum atomic E-state index is 4.78. The van der Waals surface area contributed by atoms with Crippen LogP contribution in [-0.4, -0.2) is 19.9 Å². The summed E-state index contributed by atoms with van der Waals surface area (Å²) < 4.78 is 2.37. The standard InChI is InChI=1S/C18H8N4S4/c1-3-7-11-9(5-1)19-13(23-11)15-21-17-18(25-15)22-16(26-17)14-20-10-6-2-4-8-12(10)24-14/h1-8H. The van der Waals surface area contributed by atoms with E-state index >= 15 is 0 Å². The van der Waals surface area contributed by atoms with Gasteiger partial charge in [0.2, 0.25) is 0 Å². The zero-order valence-electron chi connectivity index (χ0n) is 13.0. The van der Waals surface area contributed by atoms with E-state index < -0.39 is 0 Å². The lowest BCUT2D eigenvalue weighted by molar-refractivity contribution is 1.42. The van der Waals surface area contributed by atoms with Crippen LogP contribution in [0.4, 0.5) is 0 Å². The average molecular weight is 409 g/mol. The molecule has 0 aliphatic carbocycles. The van der Waals surface area contributed by atoms with Crippen molar-refractivity contribution in [3.05, 3.63) is 48.5 Å². The lowest BCUT2D eigenvalue weighted by atomic mass is 10.3. The van der Waals surface area contributed by atoms with Crippen molar-refractivity contribution in [1.82, 2.24) is 19.9 Å². The maximum Gasteiger partial charge on any atom is 0.156 e. The van der Waals surface area contributed by atoms with E-state index in [9.17, 15) is 0 Å². The largest absolute Gasteiger partial charge is 0.233 e. The highest BCUT2D eigenvalue weighted by Crippen LogP contribution is 2.40. The summed E-state index contributed by atoms with van der Waals surface area (Å²) in [5.74, 6) is 0. The van der Waals surface area contributed by atoms with E-state index in [1.807, 2.05) is 36.4 Å². The van der Waals surface area contributed by atoms with Crippen LogP contribution in [0.3, 0.4) is 0 Å². The zero-order chi connectivity index (χ0) is 17.1. The molecule has 2 aromatic carbocycles. The summed E-state index contributed by atoms with van der Waals surface area (Å²) in [6, 6.07) is 16.4. The number of hydrogen-bond donors (Lipinski definition) is 0. The van der Waals surface area contributed by atoms with Gasteiger partial charge in [-0.2, -0.15) is 0 Å². The Morgan fingerprint density at radius 3 is 1.35 bits per heavy atom. The van der Waals surface area contributed by atoms with E-state index in [4.69, 9.17) is 19.9 Å². The molecular weight excluding hydrogens is 400 g/mol. The number of benzene rings is 2. The van der Waals surface area contributed by atoms with Crippen LogP contribution in [0.5, 0.6) is 0 Å². The van der Waals surface area contributed by atoms with Crippen LogP contribution in [0.2, 0.25) is 0 Å². The molecule has 6 rings (SSSR count).